The van der Waals surface area contributed by atoms with Gasteiger partial charge in [-0.1, -0.05) is 0 Å². The Bertz CT molecular complexity index is 455. The van der Waals surface area contributed by atoms with E-state index in [9.17, 15) is 22.8 Å². The Labute approximate surface area is 108 Å². The average Bonchev–Trinajstić information content (AvgIpc) is 2.27. The highest BCUT2D eigenvalue weighted by atomic mass is 19.4. The first-order chi connectivity index (χ1) is 8.78. The molecule has 2 N–H and O–H groups in total. The van der Waals surface area contributed by atoms with E-state index in [1.54, 1.807) is 0 Å². The van der Waals surface area contributed by atoms with Crippen molar-refractivity contribution in [3.8, 4) is 0 Å². The zero-order valence-electron chi connectivity index (χ0n) is 10.2. The first-order valence-corrected chi connectivity index (χ1v) is 5.46. The SMILES string of the molecule is CC(=O)c1ccc(NC(=O)CNCC(F)(F)F)cc1. The molecule has 0 aliphatic carbocycles. The van der Waals surface area contributed by atoms with E-state index < -0.39 is 25.2 Å². The summed E-state index contributed by atoms with van der Waals surface area (Å²) in [5, 5.41) is 4.40. The molecule has 19 heavy (non-hydrogen) atoms. The normalized spacial score (nSPS) is 11.2. The van der Waals surface area contributed by atoms with Gasteiger partial charge in [0, 0.05) is 11.3 Å². The molecule has 0 atom stereocenters. The molecule has 0 aromatic heterocycles. The Kier molecular flexibility index (Phi) is 5.05. The van der Waals surface area contributed by atoms with Crippen LogP contribution in [0, 0.1) is 0 Å². The Morgan fingerprint density at radius 1 is 1.16 bits per heavy atom. The van der Waals surface area contributed by atoms with Crippen molar-refractivity contribution in [2.24, 2.45) is 0 Å². The highest BCUT2D eigenvalue weighted by molar-refractivity contribution is 5.96. The van der Waals surface area contributed by atoms with Gasteiger partial charge >= 0.3 is 6.18 Å². The third kappa shape index (κ3) is 6.01. The lowest BCUT2D eigenvalue weighted by Crippen LogP contribution is -2.35. The minimum absolute atomic E-state index is 0.107. The molecule has 1 rings (SSSR count). The number of hydrogen-bond donors (Lipinski definition) is 2. The number of amides is 1. The Hall–Kier alpha value is -1.89. The van der Waals surface area contributed by atoms with Crippen LogP contribution in [-0.4, -0.2) is 31.0 Å². The van der Waals surface area contributed by atoms with Crippen molar-refractivity contribution < 1.29 is 22.8 Å². The predicted molar refractivity (Wildman–Crippen MR) is 64.0 cm³/mol. The van der Waals surface area contributed by atoms with Crippen LogP contribution in [0.15, 0.2) is 24.3 Å². The Balaban J connectivity index is 2.42. The molecular formula is C12H13F3N2O2. The summed E-state index contributed by atoms with van der Waals surface area (Å²) in [4.78, 5) is 22.3. The van der Waals surface area contributed by atoms with Crippen LogP contribution in [-0.2, 0) is 4.79 Å². The molecule has 0 aliphatic rings. The maximum atomic E-state index is 11.8. The number of nitrogens with one attached hydrogen (secondary N) is 2. The lowest BCUT2D eigenvalue weighted by Gasteiger charge is -2.09. The van der Waals surface area contributed by atoms with Gasteiger partial charge in [-0.25, -0.2) is 0 Å². The zero-order valence-corrected chi connectivity index (χ0v) is 10.2. The predicted octanol–water partition coefficient (Wildman–Crippen LogP) is 1.98. The molecule has 0 radical (unpaired) electrons. The minimum Gasteiger partial charge on any atom is -0.325 e. The fourth-order valence-corrected chi connectivity index (χ4v) is 1.31. The molecule has 0 saturated heterocycles. The van der Waals surface area contributed by atoms with E-state index in [1.165, 1.54) is 31.2 Å². The lowest BCUT2D eigenvalue weighted by molar-refractivity contribution is -0.126. The highest BCUT2D eigenvalue weighted by Gasteiger charge is 2.26. The molecule has 0 unspecified atom stereocenters. The molecule has 1 amide bonds. The molecule has 1 aromatic carbocycles. The van der Waals surface area contributed by atoms with Gasteiger partial charge in [-0.2, -0.15) is 13.2 Å². The fourth-order valence-electron chi connectivity index (χ4n) is 1.31. The summed E-state index contributed by atoms with van der Waals surface area (Å²) in [6.45, 7) is -0.244. The van der Waals surface area contributed by atoms with Crippen LogP contribution in [0.3, 0.4) is 0 Å². The van der Waals surface area contributed by atoms with Crippen LogP contribution >= 0.6 is 0 Å². The van der Waals surface area contributed by atoms with Crippen LogP contribution < -0.4 is 10.6 Å². The van der Waals surface area contributed by atoms with Crippen LogP contribution in [0.25, 0.3) is 0 Å². The van der Waals surface area contributed by atoms with Crippen LogP contribution in [0.2, 0.25) is 0 Å². The molecule has 0 heterocycles. The molecule has 0 fully saturated rings. The second-order valence-corrected chi connectivity index (χ2v) is 3.90. The standard InChI is InChI=1S/C12H13F3N2O2/c1-8(18)9-2-4-10(5-3-9)17-11(19)6-16-7-12(13,14)15/h2-5,16H,6-7H2,1H3,(H,17,19). The van der Waals surface area contributed by atoms with Crippen molar-refractivity contribution in [2.75, 3.05) is 18.4 Å². The van der Waals surface area contributed by atoms with Crippen molar-refractivity contribution >= 4 is 17.4 Å². The van der Waals surface area contributed by atoms with Crippen LogP contribution in [0.1, 0.15) is 17.3 Å². The van der Waals surface area contributed by atoms with Gasteiger partial charge in [-0.05, 0) is 31.2 Å². The number of ketones is 1. The topological polar surface area (TPSA) is 58.2 Å². The number of hydrogen-bond acceptors (Lipinski definition) is 3. The largest absolute Gasteiger partial charge is 0.401 e. The van der Waals surface area contributed by atoms with Gasteiger partial charge in [0.15, 0.2) is 5.78 Å². The minimum atomic E-state index is -4.34. The number of benzene rings is 1. The van der Waals surface area contributed by atoms with Crippen LogP contribution in [0.4, 0.5) is 18.9 Å². The molecule has 0 spiro atoms. The van der Waals surface area contributed by atoms with Gasteiger partial charge in [-0.3, -0.25) is 9.59 Å². The summed E-state index contributed by atoms with van der Waals surface area (Å²) >= 11 is 0. The maximum Gasteiger partial charge on any atom is 0.401 e. The van der Waals surface area contributed by atoms with Crippen molar-refractivity contribution in [1.82, 2.24) is 5.32 Å². The van der Waals surface area contributed by atoms with Crippen molar-refractivity contribution in [1.29, 1.82) is 0 Å². The highest BCUT2D eigenvalue weighted by Crippen LogP contribution is 2.12. The van der Waals surface area contributed by atoms with E-state index in [0.29, 0.717) is 11.3 Å². The smallest absolute Gasteiger partial charge is 0.325 e. The first-order valence-electron chi connectivity index (χ1n) is 5.46. The van der Waals surface area contributed by atoms with E-state index in [2.05, 4.69) is 5.32 Å². The lowest BCUT2D eigenvalue weighted by atomic mass is 10.1. The van der Waals surface area contributed by atoms with Gasteiger partial charge in [0.05, 0.1) is 13.1 Å². The van der Waals surface area contributed by atoms with E-state index in [0.717, 1.165) is 0 Å². The number of Topliss-reactive ketones (excluding diaryl/α,β-unsaturated/α-hetero) is 1. The molecule has 0 bridgehead atoms. The molecule has 1 aromatic rings. The van der Waals surface area contributed by atoms with E-state index in [1.807, 2.05) is 5.32 Å². The van der Waals surface area contributed by atoms with Gasteiger partial charge in [-0.15, -0.1) is 0 Å². The summed E-state index contributed by atoms with van der Waals surface area (Å²) in [5.74, 6) is -0.690. The molecule has 4 nitrogen and oxygen atoms in total. The van der Waals surface area contributed by atoms with Gasteiger partial charge < -0.3 is 10.6 Å². The molecule has 7 heteroatoms. The maximum absolute atomic E-state index is 11.8. The fraction of sp³-hybridized carbons (Fsp3) is 0.333. The number of alkyl halides is 3. The van der Waals surface area contributed by atoms with Crippen molar-refractivity contribution in [2.45, 2.75) is 13.1 Å². The monoisotopic (exact) mass is 274 g/mol. The molecule has 0 saturated carbocycles. The summed E-state index contributed by atoms with van der Waals surface area (Å²) in [5.41, 5.74) is 0.914. The Morgan fingerprint density at radius 3 is 2.21 bits per heavy atom. The number of carbonyl (C=O) groups excluding carboxylic acids is 2. The summed E-state index contributed by atoms with van der Waals surface area (Å²) in [6, 6.07) is 6.08. The number of carbonyl (C=O) groups is 2. The summed E-state index contributed by atoms with van der Waals surface area (Å²) in [6.07, 6.45) is -4.34. The van der Waals surface area contributed by atoms with E-state index >= 15 is 0 Å². The van der Waals surface area contributed by atoms with Gasteiger partial charge in [0.2, 0.25) is 5.91 Å². The summed E-state index contributed by atoms with van der Waals surface area (Å²) < 4.78 is 35.5. The molecule has 0 aliphatic heterocycles. The number of halogens is 3. The van der Waals surface area contributed by atoms with E-state index in [4.69, 9.17) is 0 Å². The quantitative estimate of drug-likeness (QED) is 0.807. The van der Waals surface area contributed by atoms with Crippen LogP contribution in [0.5, 0.6) is 0 Å². The molecule has 104 valence electrons. The second kappa shape index (κ2) is 6.33. The summed E-state index contributed by atoms with van der Waals surface area (Å²) in [7, 11) is 0. The third-order valence-corrected chi connectivity index (χ3v) is 2.19. The molecular weight excluding hydrogens is 261 g/mol. The third-order valence-electron chi connectivity index (χ3n) is 2.19. The Morgan fingerprint density at radius 2 is 1.74 bits per heavy atom. The van der Waals surface area contributed by atoms with E-state index in [-0.39, 0.29) is 5.78 Å². The van der Waals surface area contributed by atoms with Crippen molar-refractivity contribution in [3.05, 3.63) is 29.8 Å². The number of anilines is 1. The van der Waals surface area contributed by atoms with Gasteiger partial charge in [0.25, 0.3) is 0 Å². The number of rotatable bonds is 5. The van der Waals surface area contributed by atoms with Crippen molar-refractivity contribution in [3.63, 3.8) is 0 Å². The zero-order chi connectivity index (χ0) is 14.5. The van der Waals surface area contributed by atoms with Gasteiger partial charge in [0.1, 0.15) is 0 Å². The second-order valence-electron chi connectivity index (χ2n) is 3.90. The first kappa shape index (κ1) is 15.2. The average molecular weight is 274 g/mol.